The van der Waals surface area contributed by atoms with Crippen LogP contribution < -0.4 is 5.32 Å². The van der Waals surface area contributed by atoms with E-state index in [2.05, 4.69) is 17.4 Å². The van der Waals surface area contributed by atoms with Gasteiger partial charge in [-0.1, -0.05) is 31.7 Å². The fourth-order valence-electron chi connectivity index (χ4n) is 2.80. The molecule has 0 aromatic carbocycles. The average Bonchev–Trinajstić information content (AvgIpc) is 2.49. The number of anilines is 1. The normalized spacial score (nSPS) is 12.9. The van der Waals surface area contributed by atoms with Crippen LogP contribution in [0.25, 0.3) is 0 Å². The molecule has 0 unspecified atom stereocenters. The number of aliphatic carboxylic acids is 1. The van der Waals surface area contributed by atoms with Gasteiger partial charge in [-0.05, 0) is 43.7 Å². The average molecular weight is 327 g/mol. The van der Waals surface area contributed by atoms with Gasteiger partial charge in [0.1, 0.15) is 5.82 Å². The van der Waals surface area contributed by atoms with Crippen LogP contribution in [0.5, 0.6) is 0 Å². The van der Waals surface area contributed by atoms with Crippen LogP contribution in [0.4, 0.5) is 5.82 Å². The molecule has 1 aliphatic heterocycles. The Morgan fingerprint density at radius 1 is 1.14 bits per heavy atom. The van der Waals surface area contributed by atoms with Gasteiger partial charge in [0.2, 0.25) is 0 Å². The smallest absolute Gasteiger partial charge is 0.303 e. The maximum atomic E-state index is 10.4. The summed E-state index contributed by atoms with van der Waals surface area (Å²) in [7, 11) is 0. The van der Waals surface area contributed by atoms with Gasteiger partial charge in [-0.25, -0.2) is 4.98 Å². The summed E-state index contributed by atoms with van der Waals surface area (Å²) in [4.78, 5) is 15.1. The van der Waals surface area contributed by atoms with Crippen molar-refractivity contribution in [2.24, 2.45) is 0 Å². The monoisotopic (exact) mass is 326 g/mol. The Morgan fingerprint density at radius 2 is 1.86 bits per heavy atom. The molecule has 1 aromatic rings. The van der Waals surface area contributed by atoms with Crippen molar-refractivity contribution < 1.29 is 9.90 Å². The standard InChI is InChI=1S/C17H26N2O2.ClH/c20-16(21)10-6-4-2-1-3-5-9-15-12-11-14-8-7-13-18-17(14)19-15;/h11-12H,1-10,13H2,(H,18,19)(H,20,21);1H. The van der Waals surface area contributed by atoms with E-state index in [1.54, 1.807) is 0 Å². The number of aromatic nitrogens is 1. The lowest BCUT2D eigenvalue weighted by molar-refractivity contribution is -0.137. The van der Waals surface area contributed by atoms with Crippen LogP contribution >= 0.6 is 12.4 Å². The molecule has 2 N–H and O–H groups in total. The quantitative estimate of drug-likeness (QED) is 0.667. The number of fused-ring (bicyclic) bond motifs is 1. The lowest BCUT2D eigenvalue weighted by Crippen LogP contribution is -2.13. The second-order valence-corrected chi connectivity index (χ2v) is 5.86. The van der Waals surface area contributed by atoms with Crippen molar-refractivity contribution in [3.63, 3.8) is 0 Å². The molecule has 0 saturated carbocycles. The van der Waals surface area contributed by atoms with E-state index in [1.807, 2.05) is 0 Å². The number of nitrogens with one attached hydrogen (secondary N) is 1. The molecular formula is C17H27ClN2O2. The van der Waals surface area contributed by atoms with Crippen molar-refractivity contribution in [1.82, 2.24) is 4.98 Å². The Labute approximate surface area is 139 Å². The number of unbranched alkanes of at least 4 members (excludes halogenated alkanes) is 5. The van der Waals surface area contributed by atoms with E-state index in [1.165, 1.54) is 36.9 Å². The Bertz CT molecular complexity index is 466. The number of aryl methyl sites for hydroxylation is 2. The summed E-state index contributed by atoms with van der Waals surface area (Å²) in [6, 6.07) is 4.38. The fourth-order valence-corrected chi connectivity index (χ4v) is 2.80. The zero-order valence-corrected chi connectivity index (χ0v) is 14.0. The topological polar surface area (TPSA) is 62.2 Å². The number of hydrogen-bond donors (Lipinski definition) is 2. The highest BCUT2D eigenvalue weighted by Crippen LogP contribution is 2.20. The highest BCUT2D eigenvalue weighted by Gasteiger charge is 2.09. The van der Waals surface area contributed by atoms with Crippen LogP contribution in [0.3, 0.4) is 0 Å². The number of pyridine rings is 1. The van der Waals surface area contributed by atoms with E-state index in [0.29, 0.717) is 6.42 Å². The SMILES string of the molecule is Cl.O=C(O)CCCCCCCCc1ccc2c(n1)NCCC2. The van der Waals surface area contributed by atoms with Gasteiger partial charge in [-0.3, -0.25) is 4.79 Å². The molecule has 0 spiro atoms. The molecule has 0 aliphatic carbocycles. The van der Waals surface area contributed by atoms with Gasteiger partial charge in [0, 0.05) is 18.7 Å². The minimum absolute atomic E-state index is 0. The van der Waals surface area contributed by atoms with Crippen molar-refractivity contribution >= 4 is 24.2 Å². The van der Waals surface area contributed by atoms with Gasteiger partial charge in [-0.15, -0.1) is 12.4 Å². The van der Waals surface area contributed by atoms with Crippen LogP contribution in [-0.4, -0.2) is 22.6 Å². The molecule has 1 aliphatic rings. The van der Waals surface area contributed by atoms with E-state index < -0.39 is 5.97 Å². The van der Waals surface area contributed by atoms with Gasteiger partial charge in [0.25, 0.3) is 0 Å². The maximum absolute atomic E-state index is 10.4. The summed E-state index contributed by atoms with van der Waals surface area (Å²) in [5, 5.41) is 11.9. The van der Waals surface area contributed by atoms with Gasteiger partial charge < -0.3 is 10.4 Å². The van der Waals surface area contributed by atoms with E-state index in [-0.39, 0.29) is 12.4 Å². The highest BCUT2D eigenvalue weighted by atomic mass is 35.5. The van der Waals surface area contributed by atoms with Crippen LogP contribution in [0.15, 0.2) is 12.1 Å². The molecule has 124 valence electrons. The molecule has 4 nitrogen and oxygen atoms in total. The van der Waals surface area contributed by atoms with Gasteiger partial charge in [0.05, 0.1) is 0 Å². The molecule has 0 atom stereocenters. The Morgan fingerprint density at radius 3 is 2.64 bits per heavy atom. The van der Waals surface area contributed by atoms with Crippen molar-refractivity contribution in [2.75, 3.05) is 11.9 Å². The Balaban J connectivity index is 0.00000242. The molecule has 0 fully saturated rings. The second kappa shape index (κ2) is 10.4. The molecule has 0 radical (unpaired) electrons. The lowest BCUT2D eigenvalue weighted by Gasteiger charge is -2.17. The summed E-state index contributed by atoms with van der Waals surface area (Å²) in [6.45, 7) is 1.04. The molecule has 2 rings (SSSR count). The van der Waals surface area contributed by atoms with E-state index >= 15 is 0 Å². The van der Waals surface area contributed by atoms with Crippen molar-refractivity contribution in [3.05, 3.63) is 23.4 Å². The first-order valence-corrected chi connectivity index (χ1v) is 8.20. The predicted molar refractivity (Wildman–Crippen MR) is 92.0 cm³/mol. The molecule has 0 bridgehead atoms. The van der Waals surface area contributed by atoms with E-state index in [0.717, 1.165) is 44.5 Å². The number of halogens is 1. The number of carbonyl (C=O) groups is 1. The third kappa shape index (κ3) is 6.65. The van der Waals surface area contributed by atoms with Crippen molar-refractivity contribution in [2.45, 2.75) is 64.2 Å². The van der Waals surface area contributed by atoms with Gasteiger partial charge in [-0.2, -0.15) is 0 Å². The van der Waals surface area contributed by atoms with E-state index in [9.17, 15) is 4.79 Å². The first kappa shape index (κ1) is 18.8. The number of carboxylic acids is 1. The Hall–Kier alpha value is -1.29. The maximum Gasteiger partial charge on any atom is 0.303 e. The summed E-state index contributed by atoms with van der Waals surface area (Å²) < 4.78 is 0. The third-order valence-electron chi connectivity index (χ3n) is 4.03. The van der Waals surface area contributed by atoms with Gasteiger partial charge in [0.15, 0.2) is 0 Å². The predicted octanol–water partition coefficient (Wildman–Crippen LogP) is 4.22. The molecule has 0 saturated heterocycles. The molecule has 2 heterocycles. The van der Waals surface area contributed by atoms with Crippen LogP contribution in [0.2, 0.25) is 0 Å². The van der Waals surface area contributed by atoms with Crippen LogP contribution in [-0.2, 0) is 17.6 Å². The van der Waals surface area contributed by atoms with Crippen molar-refractivity contribution in [3.8, 4) is 0 Å². The molecule has 5 heteroatoms. The molecule has 22 heavy (non-hydrogen) atoms. The fraction of sp³-hybridized carbons (Fsp3) is 0.647. The molecular weight excluding hydrogens is 300 g/mol. The second-order valence-electron chi connectivity index (χ2n) is 5.86. The number of rotatable bonds is 9. The highest BCUT2D eigenvalue weighted by molar-refractivity contribution is 5.85. The number of carboxylic acid groups (broad SMARTS) is 1. The minimum Gasteiger partial charge on any atom is -0.481 e. The number of nitrogens with zero attached hydrogens (tertiary/aromatic N) is 1. The molecule has 1 aromatic heterocycles. The first-order chi connectivity index (χ1) is 10.3. The summed E-state index contributed by atoms with van der Waals surface area (Å²) in [5.41, 5.74) is 2.54. The minimum atomic E-state index is -0.679. The summed E-state index contributed by atoms with van der Waals surface area (Å²) in [6.07, 6.45) is 10.3. The molecule has 0 amide bonds. The van der Waals surface area contributed by atoms with Crippen LogP contribution in [0, 0.1) is 0 Å². The van der Waals surface area contributed by atoms with Crippen molar-refractivity contribution in [1.29, 1.82) is 0 Å². The summed E-state index contributed by atoms with van der Waals surface area (Å²) >= 11 is 0. The van der Waals surface area contributed by atoms with E-state index in [4.69, 9.17) is 10.1 Å². The largest absolute Gasteiger partial charge is 0.481 e. The van der Waals surface area contributed by atoms with Crippen LogP contribution in [0.1, 0.15) is 62.6 Å². The zero-order valence-electron chi connectivity index (χ0n) is 13.1. The first-order valence-electron chi connectivity index (χ1n) is 8.20. The number of hydrogen-bond acceptors (Lipinski definition) is 3. The van der Waals surface area contributed by atoms with Gasteiger partial charge >= 0.3 is 5.97 Å². The summed E-state index contributed by atoms with van der Waals surface area (Å²) in [5.74, 6) is 0.412. The third-order valence-corrected chi connectivity index (χ3v) is 4.03. The lowest BCUT2D eigenvalue weighted by atomic mass is 10.0. The zero-order chi connectivity index (χ0) is 14.9. The Kier molecular flexibility index (Phi) is 8.90.